The number of para-hydroxylation sites is 1. The van der Waals surface area contributed by atoms with Gasteiger partial charge in [0.05, 0.1) is 15.7 Å². The van der Waals surface area contributed by atoms with Gasteiger partial charge in [-0.25, -0.2) is 14.7 Å². The molecule has 0 atom stereocenters. The summed E-state index contributed by atoms with van der Waals surface area (Å²) in [7, 11) is 0. The standard InChI is InChI=1S/C20H18Cl2N4O2/c21-16-9-8-14(13-17(16)22)10-12-24-20(27)26(15-5-2-1-3-6-15)19-18(25-28)7-4-11-23-19/h1-9,11,13,25,28H,10,12H2,(H,24,27). The van der Waals surface area contributed by atoms with E-state index >= 15 is 0 Å². The summed E-state index contributed by atoms with van der Waals surface area (Å²) in [6.45, 7) is 0.384. The molecular formula is C20H18Cl2N4O2. The monoisotopic (exact) mass is 416 g/mol. The van der Waals surface area contributed by atoms with Gasteiger partial charge in [0.1, 0.15) is 5.69 Å². The minimum Gasteiger partial charge on any atom is -0.337 e. The van der Waals surface area contributed by atoms with Crippen LogP contribution in [0, 0.1) is 0 Å². The Morgan fingerprint density at radius 3 is 2.54 bits per heavy atom. The number of hydrogen-bond donors (Lipinski definition) is 3. The molecule has 3 aromatic rings. The molecule has 3 N–H and O–H groups in total. The van der Waals surface area contributed by atoms with Gasteiger partial charge in [-0.2, -0.15) is 0 Å². The minimum atomic E-state index is -0.374. The molecule has 1 aromatic heterocycles. The summed E-state index contributed by atoms with van der Waals surface area (Å²) in [5.41, 5.74) is 3.96. The molecule has 0 fully saturated rings. The van der Waals surface area contributed by atoms with Crippen LogP contribution in [0.5, 0.6) is 0 Å². The number of hydrogen-bond acceptors (Lipinski definition) is 4. The third-order valence-electron chi connectivity index (χ3n) is 4.01. The predicted octanol–water partition coefficient (Wildman–Crippen LogP) is 5.28. The molecule has 28 heavy (non-hydrogen) atoms. The zero-order valence-electron chi connectivity index (χ0n) is 14.8. The van der Waals surface area contributed by atoms with E-state index in [0.717, 1.165) is 5.56 Å². The molecule has 8 heteroatoms. The first kappa shape index (κ1) is 19.9. The molecule has 0 bridgehead atoms. The number of nitrogens with zero attached hydrogens (tertiary/aromatic N) is 2. The number of halogens is 2. The van der Waals surface area contributed by atoms with Gasteiger partial charge in [0.25, 0.3) is 0 Å². The van der Waals surface area contributed by atoms with Gasteiger partial charge in [-0.05, 0) is 48.4 Å². The topological polar surface area (TPSA) is 77.5 Å². The zero-order valence-corrected chi connectivity index (χ0v) is 16.3. The maximum absolute atomic E-state index is 12.9. The predicted molar refractivity (Wildman–Crippen MR) is 112 cm³/mol. The first-order valence-corrected chi connectivity index (χ1v) is 9.28. The highest BCUT2D eigenvalue weighted by Crippen LogP contribution is 2.29. The number of anilines is 3. The highest BCUT2D eigenvalue weighted by molar-refractivity contribution is 6.42. The lowest BCUT2D eigenvalue weighted by Gasteiger charge is -2.24. The van der Waals surface area contributed by atoms with E-state index in [1.165, 1.54) is 4.90 Å². The molecular weight excluding hydrogens is 399 g/mol. The fraction of sp³-hybridized carbons (Fsp3) is 0.100. The summed E-state index contributed by atoms with van der Waals surface area (Å²) in [5, 5.41) is 13.2. The average Bonchev–Trinajstić information content (AvgIpc) is 2.72. The number of nitrogens with one attached hydrogen (secondary N) is 2. The van der Waals surface area contributed by atoms with E-state index < -0.39 is 0 Å². The van der Waals surface area contributed by atoms with E-state index in [1.54, 1.807) is 42.6 Å². The smallest absolute Gasteiger partial charge is 0.327 e. The molecule has 144 valence electrons. The number of urea groups is 1. The van der Waals surface area contributed by atoms with Crippen molar-refractivity contribution in [2.24, 2.45) is 0 Å². The molecule has 0 aliphatic rings. The van der Waals surface area contributed by atoms with Crippen LogP contribution in [-0.4, -0.2) is 22.8 Å². The van der Waals surface area contributed by atoms with E-state index in [-0.39, 0.29) is 11.8 Å². The molecule has 6 nitrogen and oxygen atoms in total. The zero-order chi connectivity index (χ0) is 19.9. The van der Waals surface area contributed by atoms with Gasteiger partial charge in [0, 0.05) is 12.7 Å². The molecule has 0 saturated heterocycles. The minimum absolute atomic E-state index is 0.281. The molecule has 0 unspecified atom stereocenters. The Morgan fingerprint density at radius 1 is 1.04 bits per heavy atom. The lowest BCUT2D eigenvalue weighted by atomic mass is 10.1. The summed E-state index contributed by atoms with van der Waals surface area (Å²) in [6.07, 6.45) is 2.13. The number of benzene rings is 2. The van der Waals surface area contributed by atoms with Gasteiger partial charge in [-0.3, -0.25) is 10.7 Å². The first-order chi connectivity index (χ1) is 13.6. The SMILES string of the molecule is O=C(NCCc1ccc(Cl)c(Cl)c1)N(c1ccccc1)c1ncccc1NO. The lowest BCUT2D eigenvalue weighted by molar-refractivity contribution is 0.248. The fourth-order valence-corrected chi connectivity index (χ4v) is 2.98. The van der Waals surface area contributed by atoms with Crippen LogP contribution in [0.3, 0.4) is 0 Å². The van der Waals surface area contributed by atoms with Crippen molar-refractivity contribution >= 4 is 46.4 Å². The molecule has 0 aliphatic carbocycles. The van der Waals surface area contributed by atoms with E-state index in [4.69, 9.17) is 23.2 Å². The van der Waals surface area contributed by atoms with E-state index in [0.29, 0.717) is 34.4 Å². The van der Waals surface area contributed by atoms with Crippen molar-refractivity contribution in [1.82, 2.24) is 10.3 Å². The second-order valence-corrected chi connectivity index (χ2v) is 6.70. The van der Waals surface area contributed by atoms with Crippen LogP contribution in [0.15, 0.2) is 66.9 Å². The Balaban J connectivity index is 1.78. The molecule has 0 saturated carbocycles. The summed E-state index contributed by atoms with van der Waals surface area (Å²) in [5.74, 6) is 0.281. The Morgan fingerprint density at radius 2 is 1.82 bits per heavy atom. The molecule has 3 rings (SSSR count). The van der Waals surface area contributed by atoms with Gasteiger partial charge in [0.15, 0.2) is 5.82 Å². The third-order valence-corrected chi connectivity index (χ3v) is 4.75. The van der Waals surface area contributed by atoms with Crippen LogP contribution in [-0.2, 0) is 6.42 Å². The maximum atomic E-state index is 12.9. The van der Waals surface area contributed by atoms with Crippen LogP contribution in [0.4, 0.5) is 22.0 Å². The number of pyridine rings is 1. The van der Waals surface area contributed by atoms with Crippen molar-refractivity contribution in [3.05, 3.63) is 82.5 Å². The van der Waals surface area contributed by atoms with Crippen molar-refractivity contribution in [3.63, 3.8) is 0 Å². The Bertz CT molecular complexity index is 954. The number of rotatable bonds is 6. The fourth-order valence-electron chi connectivity index (χ4n) is 2.66. The average molecular weight is 417 g/mol. The number of aromatic nitrogens is 1. The molecule has 2 aromatic carbocycles. The number of amides is 2. The van der Waals surface area contributed by atoms with E-state index in [2.05, 4.69) is 15.8 Å². The molecule has 0 radical (unpaired) electrons. The second kappa shape index (κ2) is 9.41. The van der Waals surface area contributed by atoms with E-state index in [9.17, 15) is 10.0 Å². The lowest BCUT2D eigenvalue weighted by Crippen LogP contribution is -2.38. The van der Waals surface area contributed by atoms with Crippen molar-refractivity contribution < 1.29 is 10.0 Å². The van der Waals surface area contributed by atoms with Crippen molar-refractivity contribution in [1.29, 1.82) is 0 Å². The summed E-state index contributed by atoms with van der Waals surface area (Å²) in [6, 6.07) is 17.3. The number of carbonyl (C=O) groups is 1. The quantitative estimate of drug-likeness (QED) is 0.477. The highest BCUT2D eigenvalue weighted by atomic mass is 35.5. The second-order valence-electron chi connectivity index (χ2n) is 5.89. The van der Waals surface area contributed by atoms with Crippen LogP contribution < -0.4 is 15.7 Å². The summed E-state index contributed by atoms with van der Waals surface area (Å²) in [4.78, 5) is 18.6. The molecule has 0 aliphatic heterocycles. The normalized spacial score (nSPS) is 10.4. The maximum Gasteiger partial charge on any atom is 0.327 e. The van der Waals surface area contributed by atoms with Crippen LogP contribution in [0.2, 0.25) is 10.0 Å². The Labute approximate surface area is 172 Å². The summed E-state index contributed by atoms with van der Waals surface area (Å²) < 4.78 is 0. The van der Waals surface area contributed by atoms with Gasteiger partial charge in [-0.15, -0.1) is 0 Å². The highest BCUT2D eigenvalue weighted by Gasteiger charge is 2.21. The number of carbonyl (C=O) groups excluding carboxylic acids is 1. The van der Waals surface area contributed by atoms with Crippen LogP contribution in [0.1, 0.15) is 5.56 Å². The van der Waals surface area contributed by atoms with Crippen molar-refractivity contribution in [2.45, 2.75) is 6.42 Å². The Hall–Kier alpha value is -2.80. The van der Waals surface area contributed by atoms with Crippen LogP contribution in [0.25, 0.3) is 0 Å². The van der Waals surface area contributed by atoms with Gasteiger partial charge in [0.2, 0.25) is 0 Å². The molecule has 1 heterocycles. The largest absolute Gasteiger partial charge is 0.337 e. The van der Waals surface area contributed by atoms with Gasteiger partial charge < -0.3 is 5.32 Å². The Kier molecular flexibility index (Phi) is 6.71. The van der Waals surface area contributed by atoms with Gasteiger partial charge in [-0.1, -0.05) is 47.5 Å². The third kappa shape index (κ3) is 4.72. The van der Waals surface area contributed by atoms with Crippen molar-refractivity contribution in [2.75, 3.05) is 16.9 Å². The van der Waals surface area contributed by atoms with E-state index in [1.807, 2.05) is 24.3 Å². The van der Waals surface area contributed by atoms with Crippen LogP contribution >= 0.6 is 23.2 Å². The van der Waals surface area contributed by atoms with Gasteiger partial charge >= 0.3 is 6.03 Å². The molecule has 0 spiro atoms. The summed E-state index contributed by atoms with van der Waals surface area (Å²) >= 11 is 12.0. The first-order valence-electron chi connectivity index (χ1n) is 8.52. The van der Waals surface area contributed by atoms with Crippen molar-refractivity contribution in [3.8, 4) is 0 Å². The molecule has 2 amide bonds.